The number of hydrogen-bond donors (Lipinski definition) is 1. The summed E-state index contributed by atoms with van der Waals surface area (Å²) in [7, 11) is 0. The van der Waals surface area contributed by atoms with Crippen LogP contribution in [0.4, 0.5) is 0 Å². The van der Waals surface area contributed by atoms with Crippen molar-refractivity contribution in [3.05, 3.63) is 11.6 Å². The lowest BCUT2D eigenvalue weighted by molar-refractivity contribution is -0.0351. The molecule has 2 aliphatic carbocycles. The zero-order valence-corrected chi connectivity index (χ0v) is 11.0. The smallest absolute Gasteiger partial charge is 0.0752 e. The number of allylic oxidation sites excluding steroid dienone is 1. The van der Waals surface area contributed by atoms with Gasteiger partial charge in [-0.25, -0.2) is 0 Å². The van der Waals surface area contributed by atoms with Crippen molar-refractivity contribution in [2.75, 3.05) is 6.61 Å². The molecule has 98 valence electrons. The Morgan fingerprint density at radius 1 is 1.35 bits per heavy atom. The molecule has 2 heteroatoms. The molecule has 0 aromatic carbocycles. The van der Waals surface area contributed by atoms with Crippen LogP contribution in [0.2, 0.25) is 0 Å². The molecule has 0 aromatic heterocycles. The molecule has 0 radical (unpaired) electrons. The SMILES string of the molecule is CCOC1CC(CC(O)C2=CCCCCC2)C1. The highest BCUT2D eigenvalue weighted by Crippen LogP contribution is 2.35. The Morgan fingerprint density at radius 3 is 2.94 bits per heavy atom. The van der Waals surface area contributed by atoms with Gasteiger partial charge in [-0.3, -0.25) is 0 Å². The minimum atomic E-state index is -0.180. The van der Waals surface area contributed by atoms with E-state index in [9.17, 15) is 5.11 Å². The summed E-state index contributed by atoms with van der Waals surface area (Å²) in [6, 6.07) is 0. The summed E-state index contributed by atoms with van der Waals surface area (Å²) in [6.07, 6.45) is 12.0. The predicted molar refractivity (Wildman–Crippen MR) is 69.9 cm³/mol. The lowest BCUT2D eigenvalue weighted by Crippen LogP contribution is -2.34. The van der Waals surface area contributed by atoms with Crippen LogP contribution in [-0.4, -0.2) is 23.9 Å². The summed E-state index contributed by atoms with van der Waals surface area (Å²) in [5, 5.41) is 10.2. The molecule has 1 fully saturated rings. The summed E-state index contributed by atoms with van der Waals surface area (Å²) in [5.41, 5.74) is 1.31. The van der Waals surface area contributed by atoms with Gasteiger partial charge in [0.1, 0.15) is 0 Å². The normalized spacial score (nSPS) is 31.3. The quantitative estimate of drug-likeness (QED) is 0.743. The Morgan fingerprint density at radius 2 is 2.18 bits per heavy atom. The predicted octanol–water partition coefficient (Wildman–Crippen LogP) is 3.44. The molecule has 2 nitrogen and oxygen atoms in total. The van der Waals surface area contributed by atoms with Crippen LogP contribution in [0.15, 0.2) is 11.6 Å². The summed E-state index contributed by atoms with van der Waals surface area (Å²) in [6.45, 7) is 2.88. The third-order valence-electron chi connectivity index (χ3n) is 4.16. The highest BCUT2D eigenvalue weighted by Gasteiger charge is 2.31. The summed E-state index contributed by atoms with van der Waals surface area (Å²) < 4.78 is 5.56. The average molecular weight is 238 g/mol. The average Bonchev–Trinajstić information content (AvgIpc) is 2.54. The molecule has 1 unspecified atom stereocenters. The van der Waals surface area contributed by atoms with Crippen molar-refractivity contribution in [3.8, 4) is 0 Å². The topological polar surface area (TPSA) is 29.5 Å². The van der Waals surface area contributed by atoms with Gasteiger partial charge in [-0.15, -0.1) is 0 Å². The van der Waals surface area contributed by atoms with Crippen LogP contribution in [-0.2, 0) is 4.74 Å². The second kappa shape index (κ2) is 6.55. The molecular weight excluding hydrogens is 212 g/mol. The van der Waals surface area contributed by atoms with Crippen LogP contribution < -0.4 is 0 Å². The molecular formula is C15H26O2. The first kappa shape index (κ1) is 13.1. The molecule has 2 aliphatic rings. The van der Waals surface area contributed by atoms with Crippen molar-refractivity contribution in [2.24, 2.45) is 5.92 Å². The molecule has 1 saturated carbocycles. The van der Waals surface area contributed by atoms with Crippen molar-refractivity contribution < 1.29 is 9.84 Å². The van der Waals surface area contributed by atoms with Crippen LogP contribution in [0.1, 0.15) is 58.3 Å². The zero-order chi connectivity index (χ0) is 12.1. The van der Waals surface area contributed by atoms with Gasteiger partial charge < -0.3 is 9.84 Å². The lowest BCUT2D eigenvalue weighted by atomic mass is 9.77. The van der Waals surface area contributed by atoms with Gasteiger partial charge >= 0.3 is 0 Å². The van der Waals surface area contributed by atoms with Gasteiger partial charge in [0, 0.05) is 6.61 Å². The van der Waals surface area contributed by atoms with Gasteiger partial charge in [-0.2, -0.15) is 0 Å². The highest BCUT2D eigenvalue weighted by molar-refractivity contribution is 5.10. The molecule has 17 heavy (non-hydrogen) atoms. The van der Waals surface area contributed by atoms with E-state index in [-0.39, 0.29) is 6.10 Å². The maximum absolute atomic E-state index is 10.2. The minimum Gasteiger partial charge on any atom is -0.389 e. The van der Waals surface area contributed by atoms with Crippen molar-refractivity contribution in [3.63, 3.8) is 0 Å². The van der Waals surface area contributed by atoms with Crippen LogP contribution in [0.3, 0.4) is 0 Å². The van der Waals surface area contributed by atoms with Crippen LogP contribution in [0.25, 0.3) is 0 Å². The molecule has 1 atom stereocenters. The van der Waals surface area contributed by atoms with Crippen LogP contribution in [0.5, 0.6) is 0 Å². The standard InChI is InChI=1S/C15H26O2/c1-2-17-14-9-12(10-14)11-15(16)13-7-5-3-4-6-8-13/h7,12,14-16H,2-6,8-11H2,1H3. The molecule has 0 spiro atoms. The van der Waals surface area contributed by atoms with E-state index in [1.54, 1.807) is 0 Å². The maximum Gasteiger partial charge on any atom is 0.0752 e. The van der Waals surface area contributed by atoms with Gasteiger partial charge in [0.25, 0.3) is 0 Å². The third kappa shape index (κ3) is 3.82. The minimum absolute atomic E-state index is 0.180. The van der Waals surface area contributed by atoms with Gasteiger partial charge in [0.15, 0.2) is 0 Å². The molecule has 0 bridgehead atoms. The summed E-state index contributed by atoms with van der Waals surface area (Å²) >= 11 is 0. The molecule has 1 N–H and O–H groups in total. The number of rotatable bonds is 5. The number of aliphatic hydroxyl groups is 1. The van der Waals surface area contributed by atoms with Crippen LogP contribution in [0, 0.1) is 5.92 Å². The molecule has 0 aromatic rings. The molecule has 0 aliphatic heterocycles. The van der Waals surface area contributed by atoms with E-state index in [1.165, 1.54) is 31.3 Å². The van der Waals surface area contributed by atoms with E-state index >= 15 is 0 Å². The lowest BCUT2D eigenvalue weighted by Gasteiger charge is -2.36. The summed E-state index contributed by atoms with van der Waals surface area (Å²) in [5.74, 6) is 0.686. The van der Waals surface area contributed by atoms with E-state index in [0.717, 1.165) is 32.3 Å². The zero-order valence-electron chi connectivity index (χ0n) is 11.0. The van der Waals surface area contributed by atoms with Crippen molar-refractivity contribution in [1.29, 1.82) is 0 Å². The Balaban J connectivity index is 1.70. The van der Waals surface area contributed by atoms with Crippen molar-refractivity contribution >= 4 is 0 Å². The first-order chi connectivity index (χ1) is 8.29. The van der Waals surface area contributed by atoms with E-state index in [0.29, 0.717) is 12.0 Å². The Hall–Kier alpha value is -0.340. The Labute approximate surface area is 105 Å². The number of hydrogen-bond acceptors (Lipinski definition) is 2. The van der Waals surface area contributed by atoms with E-state index in [4.69, 9.17) is 4.74 Å². The van der Waals surface area contributed by atoms with Gasteiger partial charge in [-0.1, -0.05) is 12.5 Å². The molecule has 0 amide bonds. The molecule has 2 rings (SSSR count). The van der Waals surface area contributed by atoms with E-state index < -0.39 is 0 Å². The number of aliphatic hydroxyl groups excluding tert-OH is 1. The number of ether oxygens (including phenoxy) is 1. The Bertz CT molecular complexity index is 254. The largest absolute Gasteiger partial charge is 0.389 e. The van der Waals surface area contributed by atoms with Gasteiger partial charge in [-0.05, 0) is 63.4 Å². The second-order valence-corrected chi connectivity index (χ2v) is 5.54. The monoisotopic (exact) mass is 238 g/mol. The second-order valence-electron chi connectivity index (χ2n) is 5.54. The fraction of sp³-hybridized carbons (Fsp3) is 0.867. The Kier molecular flexibility index (Phi) is 5.05. The third-order valence-corrected chi connectivity index (χ3v) is 4.16. The highest BCUT2D eigenvalue weighted by atomic mass is 16.5. The summed E-state index contributed by atoms with van der Waals surface area (Å²) in [4.78, 5) is 0. The first-order valence-electron chi connectivity index (χ1n) is 7.28. The van der Waals surface area contributed by atoms with E-state index in [2.05, 4.69) is 13.0 Å². The van der Waals surface area contributed by atoms with E-state index in [1.807, 2.05) is 0 Å². The fourth-order valence-electron chi connectivity index (χ4n) is 3.05. The van der Waals surface area contributed by atoms with Gasteiger partial charge in [0.2, 0.25) is 0 Å². The van der Waals surface area contributed by atoms with Crippen LogP contribution >= 0.6 is 0 Å². The maximum atomic E-state index is 10.2. The fourth-order valence-corrected chi connectivity index (χ4v) is 3.05. The molecule has 0 saturated heterocycles. The van der Waals surface area contributed by atoms with Gasteiger partial charge in [0.05, 0.1) is 12.2 Å². The van der Waals surface area contributed by atoms with Crippen molar-refractivity contribution in [1.82, 2.24) is 0 Å². The first-order valence-corrected chi connectivity index (χ1v) is 7.28. The van der Waals surface area contributed by atoms with Crippen molar-refractivity contribution in [2.45, 2.75) is 70.5 Å². The molecule has 0 heterocycles.